The molecule has 3 rings (SSSR count). The number of nitrogens with zero attached hydrogens (tertiary/aromatic N) is 5. The molecule has 0 aliphatic carbocycles. The van der Waals surface area contributed by atoms with E-state index in [4.69, 9.17) is 4.74 Å². The molecular formula is C21H39N5O3S. The number of hydrogen-bond donors (Lipinski definition) is 0. The van der Waals surface area contributed by atoms with E-state index in [0.29, 0.717) is 19.1 Å². The molecule has 0 aromatic carbocycles. The molecule has 2 aliphatic heterocycles. The Morgan fingerprint density at radius 2 is 1.93 bits per heavy atom. The van der Waals surface area contributed by atoms with Crippen LogP contribution in [-0.2, 0) is 27.8 Å². The van der Waals surface area contributed by atoms with Crippen LogP contribution in [-0.4, -0.2) is 97.1 Å². The molecule has 2 fully saturated rings. The second-order valence-corrected chi connectivity index (χ2v) is 10.8. The van der Waals surface area contributed by atoms with Crippen molar-refractivity contribution in [1.29, 1.82) is 0 Å². The average Bonchev–Trinajstić information content (AvgIpc) is 3.08. The number of sulfonamides is 1. The molecular weight excluding hydrogens is 402 g/mol. The Bertz CT molecular complexity index is 776. The molecule has 0 radical (unpaired) electrons. The van der Waals surface area contributed by atoms with E-state index in [1.54, 1.807) is 4.31 Å². The zero-order chi connectivity index (χ0) is 21.7. The Kier molecular flexibility index (Phi) is 8.31. The van der Waals surface area contributed by atoms with Gasteiger partial charge in [-0.1, -0.05) is 0 Å². The summed E-state index contributed by atoms with van der Waals surface area (Å²) in [5.41, 5.74) is 2.51. The molecule has 8 nitrogen and oxygen atoms in total. The van der Waals surface area contributed by atoms with Gasteiger partial charge >= 0.3 is 0 Å². The van der Waals surface area contributed by atoms with Crippen molar-refractivity contribution in [3.8, 4) is 0 Å². The fourth-order valence-corrected chi connectivity index (χ4v) is 5.69. The molecule has 1 aromatic heterocycles. The lowest BCUT2D eigenvalue weighted by Gasteiger charge is -2.44. The number of rotatable bonds is 9. The summed E-state index contributed by atoms with van der Waals surface area (Å²) in [6, 6.07) is 0.760. The molecule has 3 heterocycles. The van der Waals surface area contributed by atoms with Gasteiger partial charge in [-0.25, -0.2) is 12.7 Å². The quantitative estimate of drug-likeness (QED) is 0.579. The number of aryl methyl sites for hydroxylation is 1. The van der Waals surface area contributed by atoms with Gasteiger partial charge in [0.15, 0.2) is 0 Å². The van der Waals surface area contributed by atoms with Crippen molar-refractivity contribution >= 4 is 10.0 Å². The van der Waals surface area contributed by atoms with Crippen LogP contribution >= 0.6 is 0 Å². The molecule has 172 valence electrons. The van der Waals surface area contributed by atoms with Crippen LogP contribution in [0.1, 0.15) is 43.9 Å². The predicted octanol–water partition coefficient (Wildman–Crippen LogP) is 1.55. The van der Waals surface area contributed by atoms with E-state index >= 15 is 0 Å². The van der Waals surface area contributed by atoms with Gasteiger partial charge in [0.1, 0.15) is 0 Å². The molecule has 1 unspecified atom stereocenters. The lowest BCUT2D eigenvalue weighted by Crippen LogP contribution is -2.55. The highest BCUT2D eigenvalue weighted by atomic mass is 32.2. The SMILES string of the molecule is CCn1ncc(CN(C)CCN(C2CCOCC2)C2CCCN(S(C)(=O)=O)C2)c1C. The van der Waals surface area contributed by atoms with Crippen LogP contribution in [0.25, 0.3) is 0 Å². The topological polar surface area (TPSA) is 70.9 Å². The second kappa shape index (κ2) is 10.5. The number of likely N-dealkylation sites (N-methyl/N-ethyl adjacent to an activating group) is 1. The fourth-order valence-electron chi connectivity index (χ4n) is 4.79. The Labute approximate surface area is 182 Å². The zero-order valence-electron chi connectivity index (χ0n) is 19.1. The molecule has 0 N–H and O–H groups in total. The standard InChI is InChI=1S/C21H39N5O3S/c1-5-26-18(2)19(15-22-26)16-23(3)11-12-25(20-8-13-29-14-9-20)21-7-6-10-24(17-21)30(4,27)28/h15,20-21H,5-14,16-17H2,1-4H3. The average molecular weight is 442 g/mol. The molecule has 0 saturated carbocycles. The van der Waals surface area contributed by atoms with E-state index < -0.39 is 10.0 Å². The van der Waals surface area contributed by atoms with E-state index in [0.717, 1.165) is 65.1 Å². The minimum Gasteiger partial charge on any atom is -0.381 e. The monoisotopic (exact) mass is 441 g/mol. The van der Waals surface area contributed by atoms with Crippen LogP contribution in [0.2, 0.25) is 0 Å². The van der Waals surface area contributed by atoms with Gasteiger partial charge in [-0.2, -0.15) is 5.10 Å². The van der Waals surface area contributed by atoms with Crippen LogP contribution < -0.4 is 0 Å². The Morgan fingerprint density at radius 3 is 2.57 bits per heavy atom. The van der Waals surface area contributed by atoms with Gasteiger partial charge in [0, 0.05) is 75.8 Å². The molecule has 30 heavy (non-hydrogen) atoms. The van der Waals surface area contributed by atoms with E-state index in [1.165, 1.54) is 17.5 Å². The van der Waals surface area contributed by atoms with Crippen LogP contribution in [0.3, 0.4) is 0 Å². The van der Waals surface area contributed by atoms with Crippen molar-refractivity contribution in [1.82, 2.24) is 23.9 Å². The van der Waals surface area contributed by atoms with Gasteiger partial charge in [0.2, 0.25) is 10.0 Å². The largest absolute Gasteiger partial charge is 0.381 e. The molecule has 1 aromatic rings. The first-order chi connectivity index (χ1) is 14.3. The second-order valence-electron chi connectivity index (χ2n) is 8.81. The van der Waals surface area contributed by atoms with Gasteiger partial charge < -0.3 is 9.64 Å². The van der Waals surface area contributed by atoms with E-state index in [-0.39, 0.29) is 6.04 Å². The molecule has 1 atom stereocenters. The highest BCUT2D eigenvalue weighted by molar-refractivity contribution is 7.88. The molecule has 2 aliphatic rings. The van der Waals surface area contributed by atoms with Gasteiger partial charge in [0.25, 0.3) is 0 Å². The number of hydrogen-bond acceptors (Lipinski definition) is 6. The summed E-state index contributed by atoms with van der Waals surface area (Å²) in [6.45, 7) is 10.8. The third-order valence-electron chi connectivity index (χ3n) is 6.64. The molecule has 2 saturated heterocycles. The highest BCUT2D eigenvalue weighted by Crippen LogP contribution is 2.24. The molecule has 0 amide bonds. The normalized spacial score (nSPS) is 22.3. The Morgan fingerprint density at radius 1 is 1.20 bits per heavy atom. The summed E-state index contributed by atoms with van der Waals surface area (Å²) in [4.78, 5) is 4.94. The maximum atomic E-state index is 12.1. The van der Waals surface area contributed by atoms with Crippen molar-refractivity contribution < 1.29 is 13.2 Å². The maximum Gasteiger partial charge on any atom is 0.211 e. The summed E-state index contributed by atoms with van der Waals surface area (Å²) < 4.78 is 33.6. The van der Waals surface area contributed by atoms with Gasteiger partial charge in [0.05, 0.1) is 12.5 Å². The summed E-state index contributed by atoms with van der Waals surface area (Å²) >= 11 is 0. The van der Waals surface area contributed by atoms with Crippen LogP contribution in [0, 0.1) is 6.92 Å². The van der Waals surface area contributed by atoms with E-state index in [1.807, 2.05) is 10.9 Å². The smallest absolute Gasteiger partial charge is 0.211 e. The summed E-state index contributed by atoms with van der Waals surface area (Å²) in [6.07, 6.45) is 7.37. The van der Waals surface area contributed by atoms with Crippen molar-refractivity contribution in [3.05, 3.63) is 17.5 Å². The highest BCUT2D eigenvalue weighted by Gasteiger charge is 2.33. The summed E-state index contributed by atoms with van der Waals surface area (Å²) in [5.74, 6) is 0. The third kappa shape index (κ3) is 6.03. The molecule has 0 spiro atoms. The predicted molar refractivity (Wildman–Crippen MR) is 119 cm³/mol. The zero-order valence-corrected chi connectivity index (χ0v) is 19.9. The van der Waals surface area contributed by atoms with Crippen molar-refractivity contribution in [2.24, 2.45) is 0 Å². The lowest BCUT2D eigenvalue weighted by molar-refractivity contribution is 0.00274. The van der Waals surface area contributed by atoms with E-state index in [2.05, 4.69) is 35.8 Å². The first-order valence-corrected chi connectivity index (χ1v) is 13.1. The minimum atomic E-state index is -3.14. The number of piperidine rings is 1. The summed E-state index contributed by atoms with van der Waals surface area (Å²) in [7, 11) is -0.976. The summed E-state index contributed by atoms with van der Waals surface area (Å²) in [5, 5.41) is 4.46. The molecule has 9 heteroatoms. The number of aromatic nitrogens is 2. The first kappa shape index (κ1) is 23.7. The number of ether oxygens (including phenoxy) is 1. The van der Waals surface area contributed by atoms with Crippen molar-refractivity contribution in [2.75, 3.05) is 52.7 Å². The third-order valence-corrected chi connectivity index (χ3v) is 7.91. The Balaban J connectivity index is 1.64. The van der Waals surface area contributed by atoms with Gasteiger partial charge in [-0.15, -0.1) is 0 Å². The van der Waals surface area contributed by atoms with Crippen LogP contribution in [0.4, 0.5) is 0 Å². The van der Waals surface area contributed by atoms with Gasteiger partial charge in [-0.05, 0) is 46.6 Å². The molecule has 0 bridgehead atoms. The maximum absolute atomic E-state index is 12.1. The van der Waals surface area contributed by atoms with Crippen molar-refractivity contribution in [3.63, 3.8) is 0 Å². The first-order valence-electron chi connectivity index (χ1n) is 11.3. The van der Waals surface area contributed by atoms with Gasteiger partial charge in [-0.3, -0.25) is 9.58 Å². The Hall–Kier alpha value is -1.00. The van der Waals surface area contributed by atoms with Crippen LogP contribution in [0.5, 0.6) is 0 Å². The van der Waals surface area contributed by atoms with Crippen LogP contribution in [0.15, 0.2) is 6.20 Å². The lowest BCUT2D eigenvalue weighted by atomic mass is 9.99. The minimum absolute atomic E-state index is 0.287. The van der Waals surface area contributed by atoms with Crippen molar-refractivity contribution in [2.45, 2.75) is 64.7 Å². The fraction of sp³-hybridized carbons (Fsp3) is 0.857. The van der Waals surface area contributed by atoms with E-state index in [9.17, 15) is 8.42 Å².